The lowest BCUT2D eigenvalue weighted by molar-refractivity contribution is 0.819. The summed E-state index contributed by atoms with van der Waals surface area (Å²) in [5.41, 5.74) is 4.81. The van der Waals surface area contributed by atoms with Crippen molar-refractivity contribution in [3.8, 4) is 0 Å². The minimum absolute atomic E-state index is 0.858. The second-order valence-electron chi connectivity index (χ2n) is 3.69. The van der Waals surface area contributed by atoms with Crippen molar-refractivity contribution in [2.75, 3.05) is 0 Å². The Bertz CT molecular complexity index is 421. The van der Waals surface area contributed by atoms with Crippen LogP contribution in [0, 0.1) is 6.57 Å². The summed E-state index contributed by atoms with van der Waals surface area (Å²) >= 11 is 0. The van der Waals surface area contributed by atoms with E-state index < -0.39 is 0 Å². The molecule has 0 bridgehead atoms. The molecule has 70 valence electrons. The van der Waals surface area contributed by atoms with Crippen LogP contribution in [-0.2, 0) is 6.42 Å². The van der Waals surface area contributed by atoms with E-state index in [0.29, 0.717) is 0 Å². The third-order valence-electron chi connectivity index (χ3n) is 2.82. The normalized spacial score (nSPS) is 18.3. The zero-order chi connectivity index (χ0) is 9.97. The summed E-state index contributed by atoms with van der Waals surface area (Å²) in [4.78, 5) is 3.54. The molecule has 2 rings (SSSR count). The van der Waals surface area contributed by atoms with Gasteiger partial charge in [-0.2, -0.15) is 0 Å². The Labute approximate surface area is 84.9 Å². The largest absolute Gasteiger partial charge is 0.243 e. The molecule has 0 N–H and O–H groups in total. The monoisotopic (exact) mass is 183 g/mol. The third kappa shape index (κ3) is 1.44. The predicted molar refractivity (Wildman–Crippen MR) is 58.6 cm³/mol. The molecule has 0 radical (unpaired) electrons. The summed E-state index contributed by atoms with van der Waals surface area (Å²) in [7, 11) is 0. The van der Waals surface area contributed by atoms with Gasteiger partial charge in [-0.1, -0.05) is 24.3 Å². The fourth-order valence-corrected chi connectivity index (χ4v) is 2.07. The lowest BCUT2D eigenvalue weighted by Crippen LogP contribution is -2.02. The maximum Gasteiger partial charge on any atom is 0.166 e. The van der Waals surface area contributed by atoms with Crippen molar-refractivity contribution in [1.29, 1.82) is 0 Å². The first-order valence-electron chi connectivity index (χ1n) is 4.98. The van der Waals surface area contributed by atoms with Gasteiger partial charge in [-0.15, -0.1) is 0 Å². The zero-order valence-electron chi connectivity index (χ0n) is 8.38. The Kier molecular flexibility index (Phi) is 2.37. The SMILES string of the molecule is [C-]#[N+]/C(C)=C1/CCCc2ccccc21. The summed E-state index contributed by atoms with van der Waals surface area (Å²) in [6.07, 6.45) is 3.40. The van der Waals surface area contributed by atoms with E-state index in [-0.39, 0.29) is 0 Å². The van der Waals surface area contributed by atoms with E-state index in [0.717, 1.165) is 18.5 Å². The summed E-state index contributed by atoms with van der Waals surface area (Å²) in [5.74, 6) is 0. The van der Waals surface area contributed by atoms with Crippen LogP contribution >= 0.6 is 0 Å². The van der Waals surface area contributed by atoms with E-state index in [4.69, 9.17) is 6.57 Å². The standard InChI is InChI=1S/C13H13N/c1-10(14-2)12-9-5-7-11-6-3-4-8-13(11)12/h3-4,6,8H,5,7,9H2,1H3/b12-10-. The molecule has 0 aromatic heterocycles. The Balaban J connectivity index is 2.58. The van der Waals surface area contributed by atoms with Crippen LogP contribution in [0.4, 0.5) is 0 Å². The van der Waals surface area contributed by atoms with Gasteiger partial charge in [0.2, 0.25) is 0 Å². The van der Waals surface area contributed by atoms with Crippen LogP contribution in [0.5, 0.6) is 0 Å². The second kappa shape index (κ2) is 3.67. The molecule has 1 aromatic carbocycles. The predicted octanol–water partition coefficient (Wildman–Crippen LogP) is 3.67. The maximum atomic E-state index is 7.05. The number of rotatable bonds is 0. The zero-order valence-corrected chi connectivity index (χ0v) is 8.38. The fourth-order valence-electron chi connectivity index (χ4n) is 2.07. The molecule has 0 amide bonds. The highest BCUT2D eigenvalue weighted by molar-refractivity contribution is 5.73. The molecule has 0 saturated heterocycles. The Hall–Kier alpha value is -1.55. The van der Waals surface area contributed by atoms with E-state index in [9.17, 15) is 0 Å². The van der Waals surface area contributed by atoms with Gasteiger partial charge in [-0.25, -0.2) is 4.85 Å². The van der Waals surface area contributed by atoms with Crippen molar-refractivity contribution < 1.29 is 0 Å². The van der Waals surface area contributed by atoms with Gasteiger partial charge in [0, 0.05) is 0 Å². The lowest BCUT2D eigenvalue weighted by atomic mass is 9.86. The van der Waals surface area contributed by atoms with Crippen molar-refractivity contribution >= 4 is 5.57 Å². The Morgan fingerprint density at radius 3 is 2.86 bits per heavy atom. The van der Waals surface area contributed by atoms with Gasteiger partial charge in [0.15, 0.2) is 5.70 Å². The minimum Gasteiger partial charge on any atom is -0.243 e. The number of allylic oxidation sites excluding steroid dienone is 2. The van der Waals surface area contributed by atoms with Crippen LogP contribution in [0.2, 0.25) is 0 Å². The molecule has 0 saturated carbocycles. The number of benzene rings is 1. The highest BCUT2D eigenvalue weighted by Gasteiger charge is 2.14. The number of fused-ring (bicyclic) bond motifs is 1. The van der Waals surface area contributed by atoms with Crippen molar-refractivity contribution in [2.45, 2.75) is 26.2 Å². The molecule has 1 aliphatic rings. The first-order valence-corrected chi connectivity index (χ1v) is 4.98. The van der Waals surface area contributed by atoms with Crippen molar-refractivity contribution in [3.63, 3.8) is 0 Å². The second-order valence-corrected chi connectivity index (χ2v) is 3.69. The van der Waals surface area contributed by atoms with E-state index >= 15 is 0 Å². The van der Waals surface area contributed by atoms with E-state index in [1.165, 1.54) is 23.1 Å². The first kappa shape index (κ1) is 9.02. The molecule has 1 aliphatic carbocycles. The van der Waals surface area contributed by atoms with E-state index in [1.807, 2.05) is 6.92 Å². The molecule has 0 atom stereocenters. The molecule has 0 unspecified atom stereocenters. The van der Waals surface area contributed by atoms with Gasteiger partial charge in [-0.3, -0.25) is 0 Å². The molecule has 0 fully saturated rings. The van der Waals surface area contributed by atoms with Crippen LogP contribution < -0.4 is 0 Å². The summed E-state index contributed by atoms with van der Waals surface area (Å²) < 4.78 is 0. The minimum atomic E-state index is 0.858. The van der Waals surface area contributed by atoms with E-state index in [1.54, 1.807) is 0 Å². The molecule has 0 aliphatic heterocycles. The van der Waals surface area contributed by atoms with Gasteiger partial charge in [0.25, 0.3) is 0 Å². The summed E-state index contributed by atoms with van der Waals surface area (Å²) in [6.45, 7) is 8.97. The number of nitrogens with zero attached hydrogens (tertiary/aromatic N) is 1. The summed E-state index contributed by atoms with van der Waals surface area (Å²) in [6, 6.07) is 8.44. The molecular formula is C13H13N. The lowest BCUT2D eigenvalue weighted by Gasteiger charge is -2.19. The van der Waals surface area contributed by atoms with Crippen LogP contribution in [0.25, 0.3) is 10.4 Å². The molecule has 1 heteroatoms. The van der Waals surface area contributed by atoms with Crippen LogP contribution in [0.15, 0.2) is 30.0 Å². The number of aryl methyl sites for hydroxylation is 1. The molecule has 0 spiro atoms. The highest BCUT2D eigenvalue weighted by Crippen LogP contribution is 2.32. The average Bonchev–Trinajstić information content (AvgIpc) is 2.27. The van der Waals surface area contributed by atoms with Crippen LogP contribution in [0.1, 0.15) is 30.9 Å². The first-order chi connectivity index (χ1) is 6.83. The molecule has 14 heavy (non-hydrogen) atoms. The van der Waals surface area contributed by atoms with Crippen molar-refractivity contribution in [2.24, 2.45) is 0 Å². The van der Waals surface area contributed by atoms with Crippen LogP contribution in [-0.4, -0.2) is 0 Å². The quantitative estimate of drug-likeness (QED) is 0.540. The Morgan fingerprint density at radius 2 is 2.07 bits per heavy atom. The number of hydrogen-bond donors (Lipinski definition) is 0. The molecule has 1 nitrogen and oxygen atoms in total. The smallest absolute Gasteiger partial charge is 0.166 e. The summed E-state index contributed by atoms with van der Waals surface area (Å²) in [5, 5.41) is 0. The van der Waals surface area contributed by atoms with Gasteiger partial charge < -0.3 is 0 Å². The average molecular weight is 183 g/mol. The molecule has 1 aromatic rings. The third-order valence-corrected chi connectivity index (χ3v) is 2.82. The topological polar surface area (TPSA) is 4.36 Å². The van der Waals surface area contributed by atoms with Gasteiger partial charge in [-0.05, 0) is 42.9 Å². The van der Waals surface area contributed by atoms with Gasteiger partial charge in [0.1, 0.15) is 0 Å². The maximum absolute atomic E-state index is 7.05. The highest BCUT2D eigenvalue weighted by atomic mass is 14.6. The van der Waals surface area contributed by atoms with Crippen LogP contribution in [0.3, 0.4) is 0 Å². The molecule has 0 heterocycles. The fraction of sp³-hybridized carbons (Fsp3) is 0.308. The van der Waals surface area contributed by atoms with Crippen molar-refractivity contribution in [1.82, 2.24) is 0 Å². The van der Waals surface area contributed by atoms with E-state index in [2.05, 4.69) is 29.1 Å². The van der Waals surface area contributed by atoms with Gasteiger partial charge in [0.05, 0.1) is 6.57 Å². The molecular weight excluding hydrogens is 170 g/mol. The van der Waals surface area contributed by atoms with Crippen molar-refractivity contribution in [3.05, 3.63) is 52.5 Å². The van der Waals surface area contributed by atoms with Gasteiger partial charge >= 0.3 is 0 Å². The Morgan fingerprint density at radius 1 is 1.29 bits per heavy atom. The number of hydrogen-bond acceptors (Lipinski definition) is 0.